The molecule has 0 atom stereocenters. The highest BCUT2D eigenvalue weighted by molar-refractivity contribution is 9.10. The fraction of sp³-hybridized carbons (Fsp3) is 0.333. The maximum atomic E-state index is 11.2. The summed E-state index contributed by atoms with van der Waals surface area (Å²) in [4.78, 5) is 15.0. The lowest BCUT2D eigenvalue weighted by Crippen LogP contribution is -2.14. The molecule has 4 nitrogen and oxygen atoms in total. The Balaban J connectivity index is 2.81. The number of nitrogens with zero attached hydrogens (tertiary/aromatic N) is 1. The highest BCUT2D eigenvalue weighted by Crippen LogP contribution is 2.15. The fourth-order valence-corrected chi connectivity index (χ4v) is 2.58. The van der Waals surface area contributed by atoms with Gasteiger partial charge in [-0.1, -0.05) is 0 Å². The summed E-state index contributed by atoms with van der Waals surface area (Å²) in [5.74, 6) is -0.939. The minimum Gasteiger partial charge on any atom is -0.290 e. The maximum absolute atomic E-state index is 11.2. The number of thiazole rings is 1. The number of Topliss-reactive ketones (excluding diaryl/α,β-unsaturated/α-hetero) is 1. The number of carbonyl (C=O) groups is 1. The first kappa shape index (κ1) is 10.8. The summed E-state index contributed by atoms with van der Waals surface area (Å²) < 4.78 is 22.1. The number of hydrogen-bond donors (Lipinski definition) is 0. The molecule has 0 saturated carbocycles. The molecule has 0 fully saturated rings. The van der Waals surface area contributed by atoms with Gasteiger partial charge in [0.05, 0.1) is 0 Å². The van der Waals surface area contributed by atoms with Crippen LogP contribution in [0.3, 0.4) is 0 Å². The molecule has 0 radical (unpaired) electrons. The van der Waals surface area contributed by atoms with Gasteiger partial charge in [-0.25, -0.2) is 13.4 Å². The van der Waals surface area contributed by atoms with Crippen molar-refractivity contribution < 1.29 is 13.2 Å². The van der Waals surface area contributed by atoms with Crippen LogP contribution in [0.15, 0.2) is 9.98 Å². The number of ketones is 1. The van der Waals surface area contributed by atoms with Crippen molar-refractivity contribution in [3.05, 3.63) is 15.0 Å². The van der Waals surface area contributed by atoms with Crippen LogP contribution in [0.5, 0.6) is 0 Å². The molecule has 0 saturated heterocycles. The van der Waals surface area contributed by atoms with Crippen molar-refractivity contribution in [2.45, 2.75) is 0 Å². The Hall–Kier alpha value is -0.270. The quantitative estimate of drug-likeness (QED) is 0.781. The number of halogens is 1. The highest BCUT2D eigenvalue weighted by Gasteiger charge is 2.15. The standard InChI is InChI=1S/C6H6BrNO3S2/c1-13(10,11)3-4(9)6-8-5(7)2-12-6/h2H,3H2,1H3. The smallest absolute Gasteiger partial charge is 0.206 e. The van der Waals surface area contributed by atoms with E-state index in [0.717, 1.165) is 17.6 Å². The Morgan fingerprint density at radius 3 is 2.69 bits per heavy atom. The zero-order valence-electron chi connectivity index (χ0n) is 6.65. The molecule has 0 unspecified atom stereocenters. The van der Waals surface area contributed by atoms with Crippen molar-refractivity contribution in [3.8, 4) is 0 Å². The van der Waals surface area contributed by atoms with E-state index in [-0.39, 0.29) is 5.01 Å². The van der Waals surface area contributed by atoms with E-state index in [4.69, 9.17) is 0 Å². The number of carbonyl (C=O) groups excluding carboxylic acids is 1. The minimum absolute atomic E-state index is 0.220. The first-order chi connectivity index (χ1) is 5.88. The topological polar surface area (TPSA) is 64.1 Å². The Labute approximate surface area is 88.0 Å². The van der Waals surface area contributed by atoms with E-state index in [1.165, 1.54) is 0 Å². The zero-order chi connectivity index (χ0) is 10.1. The van der Waals surface area contributed by atoms with Crippen molar-refractivity contribution in [3.63, 3.8) is 0 Å². The molecule has 1 rings (SSSR count). The third-order valence-corrected chi connectivity index (χ3v) is 3.49. The molecular weight excluding hydrogens is 278 g/mol. The van der Waals surface area contributed by atoms with E-state index in [2.05, 4.69) is 20.9 Å². The van der Waals surface area contributed by atoms with Gasteiger partial charge in [0.15, 0.2) is 14.8 Å². The van der Waals surface area contributed by atoms with Crippen LogP contribution in [0.4, 0.5) is 0 Å². The second kappa shape index (κ2) is 3.85. The molecule has 13 heavy (non-hydrogen) atoms. The number of rotatable bonds is 3. The third-order valence-electron chi connectivity index (χ3n) is 1.11. The van der Waals surface area contributed by atoms with Gasteiger partial charge >= 0.3 is 0 Å². The number of sulfone groups is 1. The van der Waals surface area contributed by atoms with E-state index in [1.54, 1.807) is 5.38 Å². The molecular formula is C6H6BrNO3S2. The number of hydrogen-bond acceptors (Lipinski definition) is 5. The van der Waals surface area contributed by atoms with Crippen LogP contribution in [0.25, 0.3) is 0 Å². The molecule has 0 spiro atoms. The van der Waals surface area contributed by atoms with Gasteiger partial charge in [0, 0.05) is 11.6 Å². The lowest BCUT2D eigenvalue weighted by atomic mass is 10.5. The SMILES string of the molecule is CS(=O)(=O)CC(=O)c1nc(Br)cs1. The average Bonchev–Trinajstić information content (AvgIpc) is 2.31. The Bertz CT molecular complexity index is 423. The fourth-order valence-electron chi connectivity index (χ4n) is 0.682. The van der Waals surface area contributed by atoms with Crippen molar-refractivity contribution in [2.24, 2.45) is 0 Å². The van der Waals surface area contributed by atoms with E-state index in [0.29, 0.717) is 4.60 Å². The molecule has 72 valence electrons. The van der Waals surface area contributed by atoms with Gasteiger partial charge in [0.1, 0.15) is 10.4 Å². The summed E-state index contributed by atoms with van der Waals surface area (Å²) in [6.45, 7) is 0. The summed E-state index contributed by atoms with van der Waals surface area (Å²) in [5, 5.41) is 1.85. The van der Waals surface area contributed by atoms with Crippen LogP contribution < -0.4 is 0 Å². The Kier molecular flexibility index (Phi) is 3.20. The Morgan fingerprint density at radius 1 is 1.69 bits per heavy atom. The van der Waals surface area contributed by atoms with E-state index in [9.17, 15) is 13.2 Å². The lowest BCUT2D eigenvalue weighted by molar-refractivity contribution is 0.102. The molecule has 0 aromatic carbocycles. The predicted octanol–water partition coefficient (Wildman–Crippen LogP) is 1.13. The Morgan fingerprint density at radius 2 is 2.31 bits per heavy atom. The van der Waals surface area contributed by atoms with E-state index < -0.39 is 21.4 Å². The number of aromatic nitrogens is 1. The summed E-state index contributed by atoms with van der Waals surface area (Å²) in [6.07, 6.45) is 1.02. The highest BCUT2D eigenvalue weighted by atomic mass is 79.9. The normalized spacial score (nSPS) is 11.5. The maximum Gasteiger partial charge on any atom is 0.206 e. The van der Waals surface area contributed by atoms with Gasteiger partial charge in [0.25, 0.3) is 0 Å². The van der Waals surface area contributed by atoms with Crippen LogP contribution >= 0.6 is 27.3 Å². The van der Waals surface area contributed by atoms with Crippen LogP contribution in [0, 0.1) is 0 Å². The minimum atomic E-state index is -3.26. The van der Waals surface area contributed by atoms with Crippen molar-refractivity contribution in [1.82, 2.24) is 4.98 Å². The lowest BCUT2D eigenvalue weighted by Gasteiger charge is -1.92. The summed E-state index contributed by atoms with van der Waals surface area (Å²) in [7, 11) is -3.26. The molecule has 7 heteroatoms. The molecule has 0 aliphatic heterocycles. The molecule has 1 aromatic heterocycles. The third kappa shape index (κ3) is 3.53. The van der Waals surface area contributed by atoms with E-state index in [1.807, 2.05) is 0 Å². The molecule has 0 aliphatic rings. The van der Waals surface area contributed by atoms with E-state index >= 15 is 0 Å². The first-order valence-electron chi connectivity index (χ1n) is 3.20. The van der Waals surface area contributed by atoms with Gasteiger partial charge in [-0.05, 0) is 15.9 Å². The largest absolute Gasteiger partial charge is 0.290 e. The second-order valence-electron chi connectivity index (χ2n) is 2.47. The summed E-state index contributed by atoms with van der Waals surface area (Å²) in [5.41, 5.74) is 0. The monoisotopic (exact) mass is 283 g/mol. The molecule has 1 heterocycles. The van der Waals surface area contributed by atoms with Crippen LogP contribution in [0.1, 0.15) is 9.80 Å². The van der Waals surface area contributed by atoms with Crippen LogP contribution in [-0.4, -0.2) is 31.2 Å². The van der Waals surface area contributed by atoms with Gasteiger partial charge in [-0.2, -0.15) is 0 Å². The first-order valence-corrected chi connectivity index (χ1v) is 6.94. The molecule has 0 bridgehead atoms. The molecule has 0 amide bonds. The van der Waals surface area contributed by atoms with Crippen molar-refractivity contribution in [2.75, 3.05) is 12.0 Å². The predicted molar refractivity (Wildman–Crippen MR) is 53.9 cm³/mol. The molecule has 0 aliphatic carbocycles. The van der Waals surface area contributed by atoms with Crippen molar-refractivity contribution in [1.29, 1.82) is 0 Å². The zero-order valence-corrected chi connectivity index (χ0v) is 9.87. The van der Waals surface area contributed by atoms with Crippen LogP contribution in [-0.2, 0) is 9.84 Å². The second-order valence-corrected chi connectivity index (χ2v) is 6.28. The van der Waals surface area contributed by atoms with Gasteiger partial charge in [-0.3, -0.25) is 4.79 Å². The van der Waals surface area contributed by atoms with Gasteiger partial charge < -0.3 is 0 Å². The molecule has 0 N–H and O–H groups in total. The molecule has 1 aromatic rings. The van der Waals surface area contributed by atoms with Gasteiger partial charge in [-0.15, -0.1) is 11.3 Å². The van der Waals surface area contributed by atoms with Gasteiger partial charge in [0.2, 0.25) is 5.78 Å². The van der Waals surface area contributed by atoms with Crippen molar-refractivity contribution >= 4 is 42.9 Å². The average molecular weight is 284 g/mol. The summed E-state index contributed by atoms with van der Waals surface area (Å²) >= 11 is 4.20. The van der Waals surface area contributed by atoms with Crippen LogP contribution in [0.2, 0.25) is 0 Å². The summed E-state index contributed by atoms with van der Waals surface area (Å²) in [6, 6.07) is 0.